The zero-order valence-electron chi connectivity index (χ0n) is 19.0. The smallest absolute Gasteiger partial charge is 0.212 e. The lowest BCUT2D eigenvalue weighted by Crippen LogP contribution is -2.45. The molecule has 5 rings (SSSR count). The van der Waals surface area contributed by atoms with Gasteiger partial charge in [-0.05, 0) is 38.0 Å². The molecule has 1 saturated heterocycles. The van der Waals surface area contributed by atoms with Crippen LogP contribution < -0.4 is 21.1 Å². The number of rotatable bonds is 5. The van der Waals surface area contributed by atoms with Crippen molar-refractivity contribution in [2.75, 3.05) is 31.0 Å². The molecule has 1 atom stereocenters. The van der Waals surface area contributed by atoms with Crippen LogP contribution in [0.2, 0.25) is 0 Å². The van der Waals surface area contributed by atoms with Crippen molar-refractivity contribution >= 4 is 17.7 Å². The van der Waals surface area contributed by atoms with Gasteiger partial charge >= 0.3 is 0 Å². The Morgan fingerprint density at radius 1 is 1.27 bits per heavy atom. The number of pyridine rings is 1. The average Bonchev–Trinajstić information content (AvgIpc) is 3.25. The number of aryl methyl sites for hydroxylation is 2. The number of nitrogens with one attached hydrogen (secondary N) is 2. The van der Waals surface area contributed by atoms with Gasteiger partial charge in [0, 0.05) is 49.3 Å². The van der Waals surface area contributed by atoms with Gasteiger partial charge in [0.2, 0.25) is 5.79 Å². The van der Waals surface area contributed by atoms with Crippen LogP contribution in [0.1, 0.15) is 29.7 Å². The number of aromatic nitrogens is 4. The standard InChI is InChI=1S/C23H28N8O2/c1-14-10-16-12-25-23(24,29-21(16)22(27-14)28-17-6-8-33-9-7-17)18-5-4-15(11-20(18)32-3)19-13-26-30-31(19)2/h4-5,10-13,17,29H,6-9,24H2,1-3H3,(H,27,28). The molecule has 0 spiro atoms. The summed E-state index contributed by atoms with van der Waals surface area (Å²) in [7, 11) is 3.47. The lowest BCUT2D eigenvalue weighted by Gasteiger charge is -2.34. The van der Waals surface area contributed by atoms with E-state index in [1.807, 2.05) is 38.2 Å². The Hall–Kier alpha value is -3.50. The third-order valence-electron chi connectivity index (χ3n) is 6.09. The Bertz CT molecular complexity index is 1200. The van der Waals surface area contributed by atoms with E-state index in [0.29, 0.717) is 17.4 Å². The highest BCUT2D eigenvalue weighted by Gasteiger charge is 2.35. The second-order valence-electron chi connectivity index (χ2n) is 8.41. The molecule has 33 heavy (non-hydrogen) atoms. The topological polar surface area (TPSA) is 125 Å². The summed E-state index contributed by atoms with van der Waals surface area (Å²) in [6.07, 6.45) is 5.38. The Labute approximate surface area is 192 Å². The second-order valence-corrected chi connectivity index (χ2v) is 8.41. The van der Waals surface area contributed by atoms with E-state index >= 15 is 0 Å². The maximum Gasteiger partial charge on any atom is 0.212 e. The van der Waals surface area contributed by atoms with Crippen LogP contribution in [-0.2, 0) is 17.6 Å². The lowest BCUT2D eigenvalue weighted by atomic mass is 10.0. The van der Waals surface area contributed by atoms with Gasteiger partial charge in [0.15, 0.2) is 5.82 Å². The molecule has 0 amide bonds. The molecule has 10 nitrogen and oxygen atoms in total. The van der Waals surface area contributed by atoms with Gasteiger partial charge in [0.1, 0.15) is 5.75 Å². The monoisotopic (exact) mass is 448 g/mol. The second kappa shape index (κ2) is 8.45. The fourth-order valence-corrected chi connectivity index (χ4v) is 4.32. The van der Waals surface area contributed by atoms with Crippen molar-refractivity contribution in [2.45, 2.75) is 31.6 Å². The minimum atomic E-state index is -1.22. The molecule has 0 aliphatic carbocycles. The maximum atomic E-state index is 6.82. The van der Waals surface area contributed by atoms with Gasteiger partial charge in [-0.1, -0.05) is 11.3 Å². The Morgan fingerprint density at radius 2 is 2.09 bits per heavy atom. The zero-order valence-corrected chi connectivity index (χ0v) is 19.0. The molecule has 4 heterocycles. The summed E-state index contributed by atoms with van der Waals surface area (Å²) in [5, 5.41) is 15.0. The Kier molecular flexibility index (Phi) is 5.47. The predicted molar refractivity (Wildman–Crippen MR) is 127 cm³/mol. The quantitative estimate of drug-likeness (QED) is 0.543. The van der Waals surface area contributed by atoms with E-state index in [9.17, 15) is 0 Å². The number of aliphatic imine (C=N–C) groups is 1. The summed E-state index contributed by atoms with van der Waals surface area (Å²) in [4.78, 5) is 9.44. The highest BCUT2D eigenvalue weighted by molar-refractivity contribution is 5.94. The molecular weight excluding hydrogens is 420 g/mol. The number of anilines is 2. The Balaban J connectivity index is 1.50. The van der Waals surface area contributed by atoms with Gasteiger partial charge in [-0.25, -0.2) is 14.7 Å². The lowest BCUT2D eigenvalue weighted by molar-refractivity contribution is 0.0904. The molecule has 0 radical (unpaired) electrons. The number of ether oxygens (including phenoxy) is 2. The number of hydrogen-bond donors (Lipinski definition) is 3. The van der Waals surface area contributed by atoms with Gasteiger partial charge < -0.3 is 20.1 Å². The number of benzene rings is 1. The first-order chi connectivity index (χ1) is 16.0. The largest absolute Gasteiger partial charge is 0.496 e. The van der Waals surface area contributed by atoms with Gasteiger partial charge in [-0.3, -0.25) is 5.73 Å². The molecule has 0 saturated carbocycles. The van der Waals surface area contributed by atoms with E-state index in [1.54, 1.807) is 24.2 Å². The normalized spacial score (nSPS) is 20.2. The fraction of sp³-hybridized carbons (Fsp3) is 0.391. The molecule has 172 valence electrons. The van der Waals surface area contributed by atoms with E-state index in [0.717, 1.165) is 60.1 Å². The fourth-order valence-electron chi connectivity index (χ4n) is 4.32. The SMILES string of the molecule is COc1cc(-c2cnnn2C)ccc1C1(N)N=Cc2cc(C)nc(NC3CCOCC3)c2N1. The van der Waals surface area contributed by atoms with Gasteiger partial charge in [0.05, 0.1) is 30.3 Å². The molecule has 3 aromatic rings. The summed E-state index contributed by atoms with van der Waals surface area (Å²) < 4.78 is 12.9. The maximum absolute atomic E-state index is 6.82. The van der Waals surface area contributed by atoms with Crippen LogP contribution in [0.15, 0.2) is 35.5 Å². The van der Waals surface area contributed by atoms with Crippen LogP contribution in [0.3, 0.4) is 0 Å². The van der Waals surface area contributed by atoms with Crippen molar-refractivity contribution < 1.29 is 9.47 Å². The van der Waals surface area contributed by atoms with Crippen molar-refractivity contribution in [3.63, 3.8) is 0 Å². The van der Waals surface area contributed by atoms with Crippen LogP contribution in [0, 0.1) is 6.92 Å². The van der Waals surface area contributed by atoms with Crippen LogP contribution in [0.4, 0.5) is 11.5 Å². The number of nitrogens with zero attached hydrogens (tertiary/aromatic N) is 5. The molecule has 2 aliphatic rings. The van der Waals surface area contributed by atoms with Crippen molar-refractivity contribution in [2.24, 2.45) is 17.8 Å². The summed E-state index contributed by atoms with van der Waals surface area (Å²) >= 11 is 0. The minimum Gasteiger partial charge on any atom is -0.496 e. The third-order valence-corrected chi connectivity index (χ3v) is 6.09. The van der Waals surface area contributed by atoms with Crippen molar-refractivity contribution in [1.82, 2.24) is 20.0 Å². The molecule has 2 aliphatic heterocycles. The van der Waals surface area contributed by atoms with Crippen LogP contribution >= 0.6 is 0 Å². The van der Waals surface area contributed by atoms with E-state index in [1.165, 1.54) is 0 Å². The highest BCUT2D eigenvalue weighted by Crippen LogP contribution is 2.39. The van der Waals surface area contributed by atoms with Crippen molar-refractivity contribution in [3.05, 3.63) is 47.3 Å². The predicted octanol–water partition coefficient (Wildman–Crippen LogP) is 2.40. The molecule has 1 unspecified atom stereocenters. The molecule has 1 aromatic carbocycles. The van der Waals surface area contributed by atoms with Gasteiger partial charge in [0.25, 0.3) is 0 Å². The molecule has 10 heteroatoms. The summed E-state index contributed by atoms with van der Waals surface area (Å²) in [6.45, 7) is 3.47. The van der Waals surface area contributed by atoms with E-state index in [4.69, 9.17) is 20.2 Å². The molecule has 1 fully saturated rings. The van der Waals surface area contributed by atoms with Crippen molar-refractivity contribution in [1.29, 1.82) is 0 Å². The number of methoxy groups -OCH3 is 1. The number of hydrogen-bond acceptors (Lipinski definition) is 9. The van der Waals surface area contributed by atoms with Crippen LogP contribution in [0.5, 0.6) is 5.75 Å². The first kappa shape index (κ1) is 21.4. The average molecular weight is 449 g/mol. The summed E-state index contributed by atoms with van der Waals surface area (Å²) in [6, 6.07) is 8.10. The third kappa shape index (κ3) is 4.03. The minimum absolute atomic E-state index is 0.298. The van der Waals surface area contributed by atoms with E-state index in [2.05, 4.69) is 25.9 Å². The van der Waals surface area contributed by atoms with Gasteiger partial charge in [-0.15, -0.1) is 5.10 Å². The molecule has 2 aromatic heterocycles. The molecule has 4 N–H and O–H groups in total. The summed E-state index contributed by atoms with van der Waals surface area (Å²) in [5.74, 6) is 0.169. The highest BCUT2D eigenvalue weighted by atomic mass is 16.5. The van der Waals surface area contributed by atoms with E-state index < -0.39 is 5.79 Å². The van der Waals surface area contributed by atoms with E-state index in [-0.39, 0.29) is 0 Å². The van der Waals surface area contributed by atoms with Crippen LogP contribution in [0.25, 0.3) is 11.3 Å². The number of nitrogens with two attached hydrogens (primary N) is 1. The van der Waals surface area contributed by atoms with Gasteiger partial charge in [-0.2, -0.15) is 0 Å². The van der Waals surface area contributed by atoms with Crippen LogP contribution in [-0.4, -0.2) is 52.6 Å². The molecular formula is C23H28N8O2. The zero-order chi connectivity index (χ0) is 23.0. The molecule has 0 bridgehead atoms. The number of fused-ring (bicyclic) bond motifs is 1. The first-order valence-electron chi connectivity index (χ1n) is 11.0. The Morgan fingerprint density at radius 3 is 2.82 bits per heavy atom. The first-order valence-corrected chi connectivity index (χ1v) is 11.0. The summed E-state index contributed by atoms with van der Waals surface area (Å²) in [5.41, 5.74) is 12.0. The van der Waals surface area contributed by atoms with Crippen molar-refractivity contribution in [3.8, 4) is 17.0 Å².